The molecule has 0 amide bonds. The monoisotopic (exact) mass is 252 g/mol. The molecule has 0 radical (unpaired) electrons. The summed E-state index contributed by atoms with van der Waals surface area (Å²) >= 11 is 0. The van der Waals surface area contributed by atoms with Crippen molar-refractivity contribution < 1.29 is 8.42 Å². The van der Waals surface area contributed by atoms with E-state index in [0.717, 1.165) is 12.0 Å². The zero-order valence-electron chi connectivity index (χ0n) is 9.76. The number of hydrogen-bond donors (Lipinski definition) is 1. The fraction of sp³-hybridized carbons (Fsp3) is 0.417. The molecular weight excluding hydrogens is 236 g/mol. The smallest absolute Gasteiger partial charge is 0.212 e. The molecule has 0 aliphatic rings. The lowest BCUT2D eigenvalue weighted by atomic mass is 10.1. The normalized spacial score (nSPS) is 12.9. The molecule has 1 atom stereocenters. The number of nitriles is 1. The van der Waals surface area contributed by atoms with E-state index >= 15 is 0 Å². The molecule has 0 aliphatic heterocycles. The highest BCUT2D eigenvalue weighted by Gasteiger charge is 2.13. The van der Waals surface area contributed by atoms with E-state index in [1.54, 1.807) is 0 Å². The number of aryl methyl sites for hydroxylation is 1. The number of benzene rings is 1. The Balaban J connectivity index is 2.39. The van der Waals surface area contributed by atoms with Crippen LogP contribution in [0.5, 0.6) is 0 Å². The van der Waals surface area contributed by atoms with Gasteiger partial charge >= 0.3 is 0 Å². The molecule has 0 bridgehead atoms. The molecule has 1 N–H and O–H groups in total. The number of nitrogens with one attached hydrogen (secondary N) is 1. The summed E-state index contributed by atoms with van der Waals surface area (Å²) in [4.78, 5) is 0. The lowest BCUT2D eigenvalue weighted by Crippen LogP contribution is -2.33. The van der Waals surface area contributed by atoms with Gasteiger partial charge in [-0.15, -0.1) is 0 Å². The van der Waals surface area contributed by atoms with Crippen LogP contribution in [-0.2, 0) is 16.4 Å². The first-order valence-electron chi connectivity index (χ1n) is 5.47. The van der Waals surface area contributed by atoms with Crippen molar-refractivity contribution >= 4 is 10.0 Å². The number of nitrogens with zero attached hydrogens (tertiary/aromatic N) is 1. The summed E-state index contributed by atoms with van der Waals surface area (Å²) in [5.74, 6) is 0.0495. The molecule has 0 spiro atoms. The third-order valence-electron chi connectivity index (χ3n) is 2.27. The van der Waals surface area contributed by atoms with Crippen molar-refractivity contribution in [2.24, 2.45) is 0 Å². The molecule has 1 aromatic rings. The van der Waals surface area contributed by atoms with E-state index in [1.165, 1.54) is 6.92 Å². The Bertz CT molecular complexity index is 477. The molecule has 17 heavy (non-hydrogen) atoms. The summed E-state index contributed by atoms with van der Waals surface area (Å²) < 4.78 is 25.4. The van der Waals surface area contributed by atoms with Crippen molar-refractivity contribution in [3.63, 3.8) is 0 Å². The van der Waals surface area contributed by atoms with E-state index in [1.807, 2.05) is 36.4 Å². The Labute approximate surface area is 102 Å². The van der Waals surface area contributed by atoms with Gasteiger partial charge in [-0.2, -0.15) is 9.98 Å². The van der Waals surface area contributed by atoms with Gasteiger partial charge in [0.2, 0.25) is 10.0 Å². The van der Waals surface area contributed by atoms with E-state index in [4.69, 9.17) is 5.26 Å². The molecule has 0 heterocycles. The van der Waals surface area contributed by atoms with Crippen molar-refractivity contribution in [2.75, 3.05) is 5.75 Å². The van der Waals surface area contributed by atoms with Gasteiger partial charge in [0, 0.05) is 0 Å². The van der Waals surface area contributed by atoms with Gasteiger partial charge in [-0.05, 0) is 25.3 Å². The summed E-state index contributed by atoms with van der Waals surface area (Å²) in [5.41, 5.74) is 1.12. The third-order valence-corrected chi connectivity index (χ3v) is 3.81. The zero-order valence-corrected chi connectivity index (χ0v) is 10.6. The standard InChI is InChI=1S/C12H16N2O2S/c1-11(10-13)14-17(15,16)9-5-8-12-6-3-2-4-7-12/h2-4,6-7,11,14H,5,8-9H2,1H3. The Morgan fingerprint density at radius 3 is 2.59 bits per heavy atom. The van der Waals surface area contributed by atoms with Gasteiger partial charge in [-0.3, -0.25) is 0 Å². The minimum Gasteiger partial charge on any atom is -0.212 e. The predicted octanol–water partition coefficient (Wildman–Crippen LogP) is 1.45. The average Bonchev–Trinajstić information content (AvgIpc) is 2.29. The van der Waals surface area contributed by atoms with Crippen LogP contribution in [-0.4, -0.2) is 20.2 Å². The lowest BCUT2D eigenvalue weighted by molar-refractivity contribution is 0.574. The molecule has 1 rings (SSSR count). The van der Waals surface area contributed by atoms with E-state index in [9.17, 15) is 8.42 Å². The summed E-state index contributed by atoms with van der Waals surface area (Å²) in [6, 6.07) is 10.9. The molecule has 0 fully saturated rings. The molecule has 1 unspecified atom stereocenters. The third kappa shape index (κ3) is 5.48. The van der Waals surface area contributed by atoms with Crippen LogP contribution in [0.15, 0.2) is 30.3 Å². The highest BCUT2D eigenvalue weighted by Crippen LogP contribution is 2.03. The Morgan fingerprint density at radius 2 is 2.00 bits per heavy atom. The van der Waals surface area contributed by atoms with Gasteiger partial charge < -0.3 is 0 Å². The topological polar surface area (TPSA) is 70.0 Å². The maximum atomic E-state index is 11.5. The van der Waals surface area contributed by atoms with Crippen LogP contribution in [0.4, 0.5) is 0 Å². The molecule has 0 saturated carbocycles. The molecular formula is C12H16N2O2S. The first-order valence-corrected chi connectivity index (χ1v) is 7.12. The fourth-order valence-electron chi connectivity index (χ4n) is 1.47. The summed E-state index contributed by atoms with van der Waals surface area (Å²) in [6.07, 6.45) is 1.28. The molecule has 5 heteroatoms. The van der Waals surface area contributed by atoms with Crippen LogP contribution in [0.1, 0.15) is 18.9 Å². The minimum atomic E-state index is -3.34. The van der Waals surface area contributed by atoms with Gasteiger partial charge in [0.1, 0.15) is 6.04 Å². The lowest BCUT2D eigenvalue weighted by Gasteiger charge is -2.07. The fourth-order valence-corrected chi connectivity index (χ4v) is 2.70. The van der Waals surface area contributed by atoms with Crippen LogP contribution in [0.25, 0.3) is 0 Å². The van der Waals surface area contributed by atoms with Crippen LogP contribution < -0.4 is 4.72 Å². The largest absolute Gasteiger partial charge is 0.212 e. The summed E-state index contributed by atoms with van der Waals surface area (Å²) in [6.45, 7) is 1.52. The van der Waals surface area contributed by atoms with Crippen molar-refractivity contribution in [2.45, 2.75) is 25.8 Å². The molecule has 1 aromatic carbocycles. The number of sulfonamides is 1. The quantitative estimate of drug-likeness (QED) is 0.833. The van der Waals surface area contributed by atoms with Gasteiger partial charge in [0.05, 0.1) is 11.8 Å². The highest BCUT2D eigenvalue weighted by atomic mass is 32.2. The maximum absolute atomic E-state index is 11.5. The Morgan fingerprint density at radius 1 is 1.35 bits per heavy atom. The van der Waals surface area contributed by atoms with Gasteiger partial charge in [0.15, 0.2) is 0 Å². The van der Waals surface area contributed by atoms with Gasteiger partial charge in [-0.25, -0.2) is 8.42 Å². The second-order valence-corrected chi connectivity index (χ2v) is 5.75. The second-order valence-electron chi connectivity index (χ2n) is 3.88. The van der Waals surface area contributed by atoms with E-state index < -0.39 is 16.1 Å². The van der Waals surface area contributed by atoms with Crippen LogP contribution in [0.2, 0.25) is 0 Å². The molecule has 0 saturated heterocycles. The molecule has 92 valence electrons. The first-order chi connectivity index (χ1) is 8.03. The van der Waals surface area contributed by atoms with Crippen molar-refractivity contribution in [1.82, 2.24) is 4.72 Å². The highest BCUT2D eigenvalue weighted by molar-refractivity contribution is 7.89. The van der Waals surface area contributed by atoms with E-state index in [-0.39, 0.29) is 5.75 Å². The van der Waals surface area contributed by atoms with Crippen LogP contribution in [0, 0.1) is 11.3 Å². The summed E-state index contributed by atoms with van der Waals surface area (Å²) in [7, 11) is -3.34. The number of rotatable bonds is 6. The van der Waals surface area contributed by atoms with Crippen molar-refractivity contribution in [3.05, 3.63) is 35.9 Å². The summed E-state index contributed by atoms with van der Waals surface area (Å²) in [5, 5.41) is 8.52. The van der Waals surface area contributed by atoms with E-state index in [0.29, 0.717) is 6.42 Å². The first kappa shape index (κ1) is 13.7. The maximum Gasteiger partial charge on any atom is 0.212 e. The molecule has 0 aromatic heterocycles. The number of hydrogen-bond acceptors (Lipinski definition) is 3. The Kier molecular flexibility index (Phi) is 5.13. The van der Waals surface area contributed by atoms with Crippen molar-refractivity contribution in [1.29, 1.82) is 5.26 Å². The average molecular weight is 252 g/mol. The minimum absolute atomic E-state index is 0.0495. The zero-order chi connectivity index (χ0) is 12.7. The SMILES string of the molecule is CC(C#N)NS(=O)(=O)CCCc1ccccc1. The van der Waals surface area contributed by atoms with Crippen LogP contribution >= 0.6 is 0 Å². The molecule has 4 nitrogen and oxygen atoms in total. The van der Waals surface area contributed by atoms with Crippen molar-refractivity contribution in [3.8, 4) is 6.07 Å². The van der Waals surface area contributed by atoms with E-state index in [2.05, 4.69) is 4.72 Å². The Hall–Kier alpha value is -1.38. The van der Waals surface area contributed by atoms with Gasteiger partial charge in [-0.1, -0.05) is 30.3 Å². The molecule has 0 aliphatic carbocycles. The second kappa shape index (κ2) is 6.38. The van der Waals surface area contributed by atoms with Crippen LogP contribution in [0.3, 0.4) is 0 Å². The predicted molar refractivity (Wildman–Crippen MR) is 66.8 cm³/mol. The van der Waals surface area contributed by atoms with Gasteiger partial charge in [0.25, 0.3) is 0 Å².